The molecule has 126 valence electrons. The number of carbonyl (C=O) groups is 2. The van der Waals surface area contributed by atoms with E-state index in [1.165, 1.54) is 0 Å². The molecule has 3 aromatic rings. The Morgan fingerprint density at radius 1 is 1.08 bits per heavy atom. The third-order valence-electron chi connectivity index (χ3n) is 4.09. The highest BCUT2D eigenvalue weighted by Crippen LogP contribution is 2.27. The van der Waals surface area contributed by atoms with E-state index in [2.05, 4.69) is 5.32 Å². The predicted molar refractivity (Wildman–Crippen MR) is 99.1 cm³/mol. The molecular formula is C19H14ClNO3S. The Bertz CT molecular complexity index is 982. The van der Waals surface area contributed by atoms with Gasteiger partial charge in [0.05, 0.1) is 5.25 Å². The molecule has 1 saturated heterocycles. The van der Waals surface area contributed by atoms with E-state index in [1.54, 1.807) is 0 Å². The number of rotatable bonds is 4. The van der Waals surface area contributed by atoms with Gasteiger partial charge < -0.3 is 4.42 Å². The number of halogens is 1. The molecule has 1 fully saturated rings. The lowest BCUT2D eigenvalue weighted by atomic mass is 10.1. The van der Waals surface area contributed by atoms with Crippen molar-refractivity contribution < 1.29 is 14.0 Å². The molecular weight excluding hydrogens is 358 g/mol. The van der Waals surface area contributed by atoms with Crippen LogP contribution in [-0.4, -0.2) is 16.4 Å². The zero-order valence-electron chi connectivity index (χ0n) is 13.1. The van der Waals surface area contributed by atoms with E-state index >= 15 is 0 Å². The fourth-order valence-electron chi connectivity index (χ4n) is 2.95. The van der Waals surface area contributed by atoms with Crippen LogP contribution in [0.1, 0.15) is 16.9 Å². The van der Waals surface area contributed by atoms with Gasteiger partial charge in [0.25, 0.3) is 5.24 Å². The molecule has 0 radical (unpaired) electrons. The number of furan rings is 1. The second kappa shape index (κ2) is 6.58. The van der Waals surface area contributed by atoms with E-state index < -0.39 is 0 Å². The molecule has 25 heavy (non-hydrogen) atoms. The molecule has 2 amide bonds. The standard InChI is InChI=1S/C19H14ClNO3S/c20-14-3-1-2-11(7-14)8-15-10-13-6-12(4-5-16(13)24-15)9-17-18(22)21-19(23)25-17/h1-7,10,17H,8-9H2,(H,21,22,23). The lowest BCUT2D eigenvalue weighted by molar-refractivity contribution is -0.118. The molecule has 1 unspecified atom stereocenters. The van der Waals surface area contributed by atoms with Crippen LogP contribution in [0, 0.1) is 0 Å². The molecule has 1 atom stereocenters. The highest BCUT2D eigenvalue weighted by Gasteiger charge is 2.31. The second-order valence-corrected chi connectivity index (χ2v) is 7.59. The third kappa shape index (κ3) is 3.57. The summed E-state index contributed by atoms with van der Waals surface area (Å²) in [6.07, 6.45) is 1.19. The smallest absolute Gasteiger partial charge is 0.286 e. The molecule has 0 bridgehead atoms. The first kappa shape index (κ1) is 16.2. The van der Waals surface area contributed by atoms with Crippen LogP contribution in [0.25, 0.3) is 11.0 Å². The summed E-state index contributed by atoms with van der Waals surface area (Å²) >= 11 is 7.07. The maximum atomic E-state index is 11.7. The summed E-state index contributed by atoms with van der Waals surface area (Å²) in [5, 5.41) is 3.38. The van der Waals surface area contributed by atoms with Crippen molar-refractivity contribution in [3.8, 4) is 0 Å². The maximum Gasteiger partial charge on any atom is 0.286 e. The van der Waals surface area contributed by atoms with Gasteiger partial charge >= 0.3 is 0 Å². The number of amides is 2. The van der Waals surface area contributed by atoms with Crippen molar-refractivity contribution in [3.63, 3.8) is 0 Å². The molecule has 2 heterocycles. The van der Waals surface area contributed by atoms with Crippen molar-refractivity contribution in [2.24, 2.45) is 0 Å². The minimum Gasteiger partial charge on any atom is -0.461 e. The number of nitrogens with one attached hydrogen (secondary N) is 1. The summed E-state index contributed by atoms with van der Waals surface area (Å²) in [7, 11) is 0. The minimum atomic E-state index is -0.359. The number of hydrogen-bond acceptors (Lipinski definition) is 4. The number of thioether (sulfide) groups is 1. The number of imide groups is 1. The summed E-state index contributed by atoms with van der Waals surface area (Å²) in [5.41, 5.74) is 2.90. The third-order valence-corrected chi connectivity index (χ3v) is 5.30. The molecule has 1 aliphatic heterocycles. The quantitative estimate of drug-likeness (QED) is 0.729. The molecule has 2 aromatic carbocycles. The van der Waals surface area contributed by atoms with E-state index in [0.717, 1.165) is 39.6 Å². The van der Waals surface area contributed by atoms with Gasteiger partial charge in [-0.2, -0.15) is 0 Å². The van der Waals surface area contributed by atoms with E-state index in [1.807, 2.05) is 48.5 Å². The van der Waals surface area contributed by atoms with Gasteiger partial charge in [0.2, 0.25) is 5.91 Å². The fraction of sp³-hybridized carbons (Fsp3) is 0.158. The van der Waals surface area contributed by atoms with E-state index in [-0.39, 0.29) is 16.4 Å². The van der Waals surface area contributed by atoms with Crippen LogP contribution in [0.4, 0.5) is 4.79 Å². The van der Waals surface area contributed by atoms with Crippen molar-refractivity contribution in [1.29, 1.82) is 0 Å². The van der Waals surface area contributed by atoms with Gasteiger partial charge in [-0.15, -0.1) is 0 Å². The average molecular weight is 372 g/mol. The van der Waals surface area contributed by atoms with Gasteiger partial charge in [-0.25, -0.2) is 0 Å². The van der Waals surface area contributed by atoms with Crippen LogP contribution >= 0.6 is 23.4 Å². The lowest BCUT2D eigenvalue weighted by Crippen LogP contribution is -2.25. The maximum absolute atomic E-state index is 11.7. The summed E-state index contributed by atoms with van der Waals surface area (Å²) in [6.45, 7) is 0. The van der Waals surface area contributed by atoms with Crippen molar-refractivity contribution in [3.05, 3.63) is 70.4 Å². The summed E-state index contributed by atoms with van der Waals surface area (Å²) < 4.78 is 5.89. The van der Waals surface area contributed by atoms with Gasteiger partial charge in [-0.05, 0) is 47.9 Å². The largest absolute Gasteiger partial charge is 0.461 e. The van der Waals surface area contributed by atoms with Crippen LogP contribution < -0.4 is 5.32 Å². The van der Waals surface area contributed by atoms with Gasteiger partial charge in [-0.3, -0.25) is 14.9 Å². The van der Waals surface area contributed by atoms with Gasteiger partial charge in [-0.1, -0.05) is 41.6 Å². The van der Waals surface area contributed by atoms with Crippen molar-refractivity contribution in [2.45, 2.75) is 18.1 Å². The van der Waals surface area contributed by atoms with E-state index in [9.17, 15) is 9.59 Å². The summed E-state index contributed by atoms with van der Waals surface area (Å²) in [5.74, 6) is 0.640. The van der Waals surface area contributed by atoms with Crippen LogP contribution in [-0.2, 0) is 17.6 Å². The Hall–Kier alpha value is -2.24. The van der Waals surface area contributed by atoms with Gasteiger partial charge in [0.1, 0.15) is 11.3 Å². The molecule has 4 nitrogen and oxygen atoms in total. The van der Waals surface area contributed by atoms with Gasteiger partial charge in [0.15, 0.2) is 0 Å². The first-order chi connectivity index (χ1) is 12.1. The SMILES string of the molecule is O=C1NC(=O)C(Cc2ccc3oc(Cc4cccc(Cl)c4)cc3c2)S1. The monoisotopic (exact) mass is 371 g/mol. The zero-order chi connectivity index (χ0) is 17.4. The number of benzene rings is 2. The van der Waals surface area contributed by atoms with Gasteiger partial charge in [0, 0.05) is 16.8 Å². The predicted octanol–water partition coefficient (Wildman–Crippen LogP) is 4.57. The van der Waals surface area contributed by atoms with Crippen LogP contribution in [0.3, 0.4) is 0 Å². The Kier molecular flexibility index (Phi) is 4.27. The average Bonchev–Trinajstić information content (AvgIpc) is 3.09. The first-order valence-electron chi connectivity index (χ1n) is 7.84. The first-order valence-corrected chi connectivity index (χ1v) is 9.10. The van der Waals surface area contributed by atoms with Crippen molar-refractivity contribution >= 4 is 45.5 Å². The Morgan fingerprint density at radius 3 is 2.72 bits per heavy atom. The van der Waals surface area contributed by atoms with Crippen molar-refractivity contribution in [2.75, 3.05) is 0 Å². The van der Waals surface area contributed by atoms with E-state index in [0.29, 0.717) is 17.9 Å². The number of hydrogen-bond donors (Lipinski definition) is 1. The normalized spacial score (nSPS) is 17.2. The lowest BCUT2D eigenvalue weighted by Gasteiger charge is -2.04. The molecule has 6 heteroatoms. The Balaban J connectivity index is 1.55. The molecule has 0 saturated carbocycles. The van der Waals surface area contributed by atoms with Crippen LogP contribution in [0.15, 0.2) is 52.9 Å². The number of fused-ring (bicyclic) bond motifs is 1. The summed E-state index contributed by atoms with van der Waals surface area (Å²) in [4.78, 5) is 23.0. The summed E-state index contributed by atoms with van der Waals surface area (Å²) in [6, 6.07) is 15.6. The minimum absolute atomic E-state index is 0.219. The highest BCUT2D eigenvalue weighted by atomic mass is 35.5. The topological polar surface area (TPSA) is 59.3 Å². The van der Waals surface area contributed by atoms with Crippen LogP contribution in [0.2, 0.25) is 5.02 Å². The molecule has 0 aliphatic carbocycles. The fourth-order valence-corrected chi connectivity index (χ4v) is 4.02. The molecule has 1 N–H and O–H groups in total. The Morgan fingerprint density at radius 2 is 1.96 bits per heavy atom. The molecule has 0 spiro atoms. The number of carbonyl (C=O) groups excluding carboxylic acids is 2. The molecule has 4 rings (SSSR count). The molecule has 1 aromatic heterocycles. The molecule has 1 aliphatic rings. The zero-order valence-corrected chi connectivity index (χ0v) is 14.7. The van der Waals surface area contributed by atoms with Crippen LogP contribution in [0.5, 0.6) is 0 Å². The second-order valence-electron chi connectivity index (χ2n) is 5.98. The highest BCUT2D eigenvalue weighted by molar-refractivity contribution is 8.15. The van der Waals surface area contributed by atoms with Crippen molar-refractivity contribution in [1.82, 2.24) is 5.32 Å². The van der Waals surface area contributed by atoms with E-state index in [4.69, 9.17) is 16.0 Å². The Labute approximate surface area is 153 Å².